The van der Waals surface area contributed by atoms with Gasteiger partial charge < -0.3 is 16.2 Å². The van der Waals surface area contributed by atoms with Gasteiger partial charge in [-0.05, 0) is 30.5 Å². The molecule has 0 atom stereocenters. The maximum absolute atomic E-state index is 12.2. The Balaban J connectivity index is 2.05. The largest absolute Gasteiger partial charge is 0.392 e. The fourth-order valence-electron chi connectivity index (χ4n) is 2.41. The number of carbonyl (C=O) groups excluding carboxylic acids is 1. The first kappa shape index (κ1) is 13.1. The van der Waals surface area contributed by atoms with Crippen molar-refractivity contribution < 1.29 is 9.90 Å². The molecule has 1 aromatic rings. The van der Waals surface area contributed by atoms with Gasteiger partial charge in [-0.2, -0.15) is 0 Å². The van der Waals surface area contributed by atoms with E-state index in [0.29, 0.717) is 5.69 Å². The molecule has 4 N–H and O–H groups in total. The number of benzene rings is 1. The maximum atomic E-state index is 12.2. The molecule has 1 saturated carbocycles. The number of rotatable bonds is 3. The number of hydrogen-bond acceptors (Lipinski definition) is 3. The molecule has 0 saturated heterocycles. The third kappa shape index (κ3) is 2.89. The molecular weight excluding hydrogens is 228 g/mol. The molecule has 0 radical (unpaired) electrons. The molecule has 0 heterocycles. The van der Waals surface area contributed by atoms with Crippen LogP contribution in [0.1, 0.15) is 37.7 Å². The normalized spacial score (nSPS) is 18.3. The van der Waals surface area contributed by atoms with E-state index in [1.54, 1.807) is 6.07 Å². The molecule has 1 aliphatic carbocycles. The fraction of sp³-hybridized carbons (Fsp3) is 0.500. The zero-order chi connectivity index (χ0) is 13.0. The Hall–Kier alpha value is -1.39. The summed E-state index contributed by atoms with van der Waals surface area (Å²) in [5.74, 6) is -0.114. The van der Waals surface area contributed by atoms with E-state index in [9.17, 15) is 4.79 Å². The van der Waals surface area contributed by atoms with Crippen LogP contribution in [0.4, 0.5) is 5.69 Å². The topological polar surface area (TPSA) is 75.4 Å². The Morgan fingerprint density at radius 1 is 1.33 bits per heavy atom. The van der Waals surface area contributed by atoms with Gasteiger partial charge in [0, 0.05) is 5.69 Å². The summed E-state index contributed by atoms with van der Waals surface area (Å²) in [6.45, 7) is -0.0303. The molecule has 98 valence electrons. The van der Waals surface area contributed by atoms with E-state index >= 15 is 0 Å². The molecule has 0 bridgehead atoms. The minimum Gasteiger partial charge on any atom is -0.392 e. The van der Waals surface area contributed by atoms with E-state index in [0.717, 1.165) is 37.7 Å². The molecular formula is C14H20N2O2. The highest BCUT2D eigenvalue weighted by atomic mass is 16.3. The van der Waals surface area contributed by atoms with E-state index < -0.39 is 5.54 Å². The number of amides is 1. The van der Waals surface area contributed by atoms with Crippen molar-refractivity contribution in [2.75, 3.05) is 5.32 Å². The van der Waals surface area contributed by atoms with E-state index in [4.69, 9.17) is 10.8 Å². The lowest BCUT2D eigenvalue weighted by molar-refractivity contribution is -0.122. The van der Waals surface area contributed by atoms with E-state index in [2.05, 4.69) is 5.32 Å². The van der Waals surface area contributed by atoms with Crippen LogP contribution in [0.3, 0.4) is 0 Å². The molecule has 0 aliphatic heterocycles. The molecule has 0 unspecified atom stereocenters. The van der Waals surface area contributed by atoms with E-state index in [-0.39, 0.29) is 12.5 Å². The highest BCUT2D eigenvalue weighted by Gasteiger charge is 2.35. The van der Waals surface area contributed by atoms with Crippen molar-refractivity contribution in [2.24, 2.45) is 5.73 Å². The second-order valence-corrected chi connectivity index (χ2v) is 5.03. The maximum Gasteiger partial charge on any atom is 0.244 e. The van der Waals surface area contributed by atoms with Crippen molar-refractivity contribution in [1.29, 1.82) is 0 Å². The first-order valence-corrected chi connectivity index (χ1v) is 6.44. The van der Waals surface area contributed by atoms with Crippen molar-refractivity contribution in [3.05, 3.63) is 29.8 Å². The Morgan fingerprint density at radius 3 is 2.72 bits per heavy atom. The van der Waals surface area contributed by atoms with Gasteiger partial charge in [-0.25, -0.2) is 0 Å². The molecule has 18 heavy (non-hydrogen) atoms. The second-order valence-electron chi connectivity index (χ2n) is 5.03. The van der Waals surface area contributed by atoms with Crippen LogP contribution in [0.25, 0.3) is 0 Å². The number of anilines is 1. The van der Waals surface area contributed by atoms with Crippen LogP contribution in [-0.2, 0) is 11.4 Å². The highest BCUT2D eigenvalue weighted by molar-refractivity contribution is 5.98. The molecule has 1 aromatic carbocycles. The average Bonchev–Trinajstić information content (AvgIpc) is 2.40. The number of carbonyl (C=O) groups is 1. The second kappa shape index (κ2) is 5.50. The van der Waals surface area contributed by atoms with Crippen LogP contribution in [0.2, 0.25) is 0 Å². The Morgan fingerprint density at radius 2 is 2.06 bits per heavy atom. The lowest BCUT2D eigenvalue weighted by atomic mass is 9.82. The van der Waals surface area contributed by atoms with Crippen LogP contribution in [0.15, 0.2) is 24.3 Å². The highest BCUT2D eigenvalue weighted by Crippen LogP contribution is 2.27. The number of aliphatic hydroxyl groups excluding tert-OH is 1. The van der Waals surface area contributed by atoms with Gasteiger partial charge in [0.2, 0.25) is 5.91 Å². The minimum absolute atomic E-state index is 0.0303. The summed E-state index contributed by atoms with van der Waals surface area (Å²) in [6, 6.07) is 7.20. The van der Waals surface area contributed by atoms with Crippen LogP contribution in [-0.4, -0.2) is 16.6 Å². The van der Waals surface area contributed by atoms with Gasteiger partial charge in [-0.3, -0.25) is 4.79 Å². The Bertz CT molecular complexity index is 426. The van der Waals surface area contributed by atoms with Crippen LogP contribution < -0.4 is 11.1 Å². The summed E-state index contributed by atoms with van der Waals surface area (Å²) >= 11 is 0. The summed E-state index contributed by atoms with van der Waals surface area (Å²) in [7, 11) is 0. The zero-order valence-corrected chi connectivity index (χ0v) is 10.5. The lowest BCUT2D eigenvalue weighted by Crippen LogP contribution is -2.52. The first-order valence-electron chi connectivity index (χ1n) is 6.44. The average molecular weight is 248 g/mol. The molecule has 4 nitrogen and oxygen atoms in total. The van der Waals surface area contributed by atoms with Crippen molar-refractivity contribution in [3.8, 4) is 0 Å². The third-order valence-electron chi connectivity index (χ3n) is 3.57. The zero-order valence-electron chi connectivity index (χ0n) is 10.5. The first-order chi connectivity index (χ1) is 8.64. The smallest absolute Gasteiger partial charge is 0.244 e. The summed E-state index contributed by atoms with van der Waals surface area (Å²) in [5.41, 5.74) is 6.91. The van der Waals surface area contributed by atoms with E-state index in [1.165, 1.54) is 0 Å². The predicted molar refractivity (Wildman–Crippen MR) is 71.0 cm³/mol. The number of nitrogens with two attached hydrogens (primary N) is 1. The standard InChI is InChI=1S/C14H20N2O2/c15-14(7-2-1-3-8-14)13(18)16-12-6-4-5-11(9-12)10-17/h4-6,9,17H,1-3,7-8,10,15H2,(H,16,18). The van der Waals surface area contributed by atoms with Crippen molar-refractivity contribution in [3.63, 3.8) is 0 Å². The fourth-order valence-corrected chi connectivity index (χ4v) is 2.41. The number of nitrogens with one attached hydrogen (secondary N) is 1. The molecule has 0 aromatic heterocycles. The van der Waals surface area contributed by atoms with Gasteiger partial charge >= 0.3 is 0 Å². The van der Waals surface area contributed by atoms with Crippen molar-refractivity contribution in [2.45, 2.75) is 44.2 Å². The SMILES string of the molecule is NC1(C(=O)Nc2cccc(CO)c2)CCCCC1. The van der Waals surface area contributed by atoms with Crippen LogP contribution >= 0.6 is 0 Å². The minimum atomic E-state index is -0.729. The number of aliphatic hydroxyl groups is 1. The van der Waals surface area contributed by atoms with Gasteiger partial charge in [-0.1, -0.05) is 31.4 Å². The molecule has 2 rings (SSSR count). The van der Waals surface area contributed by atoms with Gasteiger partial charge in [-0.15, -0.1) is 0 Å². The number of hydrogen-bond donors (Lipinski definition) is 3. The van der Waals surface area contributed by atoms with Crippen molar-refractivity contribution in [1.82, 2.24) is 0 Å². The molecule has 0 spiro atoms. The van der Waals surface area contributed by atoms with Gasteiger partial charge in [0.25, 0.3) is 0 Å². The Kier molecular flexibility index (Phi) is 3.99. The van der Waals surface area contributed by atoms with Gasteiger partial charge in [0.15, 0.2) is 0 Å². The molecule has 4 heteroatoms. The van der Waals surface area contributed by atoms with Gasteiger partial charge in [0.05, 0.1) is 12.1 Å². The molecule has 1 fully saturated rings. The van der Waals surface area contributed by atoms with Crippen LogP contribution in [0, 0.1) is 0 Å². The van der Waals surface area contributed by atoms with Crippen LogP contribution in [0.5, 0.6) is 0 Å². The summed E-state index contributed by atoms with van der Waals surface area (Å²) in [6.07, 6.45) is 4.68. The summed E-state index contributed by atoms with van der Waals surface area (Å²) in [5, 5.41) is 11.9. The predicted octanol–water partition coefficient (Wildman–Crippen LogP) is 1.78. The molecule has 1 aliphatic rings. The van der Waals surface area contributed by atoms with E-state index in [1.807, 2.05) is 18.2 Å². The summed E-state index contributed by atoms with van der Waals surface area (Å²) < 4.78 is 0. The Labute approximate surface area is 107 Å². The quantitative estimate of drug-likeness (QED) is 0.763. The molecule has 1 amide bonds. The lowest BCUT2D eigenvalue weighted by Gasteiger charge is -2.31. The van der Waals surface area contributed by atoms with Gasteiger partial charge in [0.1, 0.15) is 0 Å². The van der Waals surface area contributed by atoms with Crippen molar-refractivity contribution >= 4 is 11.6 Å². The third-order valence-corrected chi connectivity index (χ3v) is 3.57. The monoisotopic (exact) mass is 248 g/mol. The summed E-state index contributed by atoms with van der Waals surface area (Å²) in [4.78, 5) is 12.2.